The van der Waals surface area contributed by atoms with Gasteiger partial charge in [0.15, 0.2) is 5.01 Å². The number of likely N-dealkylation sites (N-methyl/N-ethyl adjacent to an activating group) is 1. The number of halogens is 3. The number of nitrogens with one attached hydrogen (secondary N) is 1. The smallest absolute Gasteiger partial charge is 0.376 e. The zero-order chi connectivity index (χ0) is 13.4. The van der Waals surface area contributed by atoms with E-state index in [1.54, 1.807) is 14.2 Å². The SMILES string of the molecule is CNC(c1cnc(C(F)(F)F)s1)C1(OC)CCC1. The Bertz CT molecular complexity index is 409. The lowest BCUT2D eigenvalue weighted by atomic mass is 9.74. The maximum atomic E-state index is 12.5. The summed E-state index contributed by atoms with van der Waals surface area (Å²) in [6, 6.07) is -0.232. The number of methoxy groups -OCH3 is 1. The number of ether oxygens (including phenoxy) is 1. The molecule has 1 heterocycles. The molecule has 0 amide bonds. The van der Waals surface area contributed by atoms with E-state index in [1.165, 1.54) is 6.20 Å². The Morgan fingerprint density at radius 1 is 1.50 bits per heavy atom. The van der Waals surface area contributed by atoms with Crippen LogP contribution in [0.1, 0.15) is 35.2 Å². The number of nitrogens with zero attached hydrogens (tertiary/aromatic N) is 1. The van der Waals surface area contributed by atoms with Crippen molar-refractivity contribution in [2.24, 2.45) is 0 Å². The minimum Gasteiger partial charge on any atom is -0.376 e. The quantitative estimate of drug-likeness (QED) is 0.920. The van der Waals surface area contributed by atoms with E-state index in [1.807, 2.05) is 0 Å². The van der Waals surface area contributed by atoms with E-state index in [9.17, 15) is 13.2 Å². The van der Waals surface area contributed by atoms with Gasteiger partial charge in [0.2, 0.25) is 0 Å². The topological polar surface area (TPSA) is 34.2 Å². The van der Waals surface area contributed by atoms with Crippen molar-refractivity contribution in [1.29, 1.82) is 0 Å². The van der Waals surface area contributed by atoms with E-state index in [0.717, 1.165) is 19.3 Å². The third-order valence-electron chi connectivity index (χ3n) is 3.47. The third-order valence-corrected chi connectivity index (χ3v) is 4.58. The van der Waals surface area contributed by atoms with Gasteiger partial charge in [-0.1, -0.05) is 0 Å². The number of aromatic nitrogens is 1. The van der Waals surface area contributed by atoms with Crippen LogP contribution in [-0.4, -0.2) is 24.7 Å². The fourth-order valence-corrected chi connectivity index (χ4v) is 3.35. The number of thiazole rings is 1. The van der Waals surface area contributed by atoms with Gasteiger partial charge in [0.05, 0.1) is 11.6 Å². The Morgan fingerprint density at radius 2 is 2.17 bits per heavy atom. The molecule has 102 valence electrons. The maximum Gasteiger partial charge on any atom is 0.443 e. The summed E-state index contributed by atoms with van der Waals surface area (Å²) >= 11 is 0.685. The lowest BCUT2D eigenvalue weighted by Gasteiger charge is -2.45. The second kappa shape index (κ2) is 4.79. The first-order valence-corrected chi connectivity index (χ1v) is 6.50. The van der Waals surface area contributed by atoms with Crippen LogP contribution in [0.15, 0.2) is 6.20 Å². The summed E-state index contributed by atoms with van der Waals surface area (Å²) in [5, 5.41) is 2.25. The first-order valence-electron chi connectivity index (χ1n) is 5.68. The molecular formula is C11H15F3N2OS. The van der Waals surface area contributed by atoms with Crippen LogP contribution >= 0.6 is 11.3 Å². The first kappa shape index (κ1) is 13.8. The molecule has 0 bridgehead atoms. The molecule has 1 unspecified atom stereocenters. The molecule has 1 atom stereocenters. The average Bonchev–Trinajstić information content (AvgIpc) is 2.71. The largest absolute Gasteiger partial charge is 0.443 e. The van der Waals surface area contributed by atoms with Gasteiger partial charge in [-0.15, -0.1) is 11.3 Å². The van der Waals surface area contributed by atoms with E-state index in [-0.39, 0.29) is 11.6 Å². The molecule has 7 heteroatoms. The van der Waals surface area contributed by atoms with Crippen LogP contribution < -0.4 is 5.32 Å². The summed E-state index contributed by atoms with van der Waals surface area (Å²) in [5.74, 6) is 0. The summed E-state index contributed by atoms with van der Waals surface area (Å²) < 4.78 is 43.1. The fraction of sp³-hybridized carbons (Fsp3) is 0.727. The molecule has 0 radical (unpaired) electrons. The van der Waals surface area contributed by atoms with Gasteiger partial charge >= 0.3 is 6.18 Å². The van der Waals surface area contributed by atoms with Crippen LogP contribution in [-0.2, 0) is 10.9 Å². The van der Waals surface area contributed by atoms with Crippen LogP contribution in [0.2, 0.25) is 0 Å². The molecule has 1 fully saturated rings. The molecule has 2 rings (SSSR count). The minimum atomic E-state index is -4.37. The molecule has 0 saturated heterocycles. The predicted octanol–water partition coefficient (Wildman–Crippen LogP) is 2.99. The van der Waals surface area contributed by atoms with Gasteiger partial charge in [-0.2, -0.15) is 13.2 Å². The highest BCUT2D eigenvalue weighted by Crippen LogP contribution is 2.46. The number of hydrogen-bond acceptors (Lipinski definition) is 4. The summed E-state index contributed by atoms with van der Waals surface area (Å²) in [4.78, 5) is 4.04. The molecule has 0 aliphatic heterocycles. The van der Waals surface area contributed by atoms with Crippen LogP contribution in [0, 0.1) is 0 Å². The highest BCUT2D eigenvalue weighted by molar-refractivity contribution is 7.11. The van der Waals surface area contributed by atoms with Crippen LogP contribution in [0.3, 0.4) is 0 Å². The fourth-order valence-electron chi connectivity index (χ4n) is 2.35. The van der Waals surface area contributed by atoms with Crippen molar-refractivity contribution in [3.63, 3.8) is 0 Å². The Balaban J connectivity index is 2.26. The van der Waals surface area contributed by atoms with Gasteiger partial charge < -0.3 is 10.1 Å². The van der Waals surface area contributed by atoms with Crippen LogP contribution in [0.5, 0.6) is 0 Å². The Morgan fingerprint density at radius 3 is 2.50 bits per heavy atom. The van der Waals surface area contributed by atoms with E-state index in [2.05, 4.69) is 10.3 Å². The highest BCUT2D eigenvalue weighted by Gasteiger charge is 2.46. The van der Waals surface area contributed by atoms with E-state index in [0.29, 0.717) is 16.2 Å². The summed E-state index contributed by atoms with van der Waals surface area (Å²) in [7, 11) is 3.34. The van der Waals surface area contributed by atoms with Gasteiger partial charge in [-0.05, 0) is 26.3 Å². The van der Waals surface area contributed by atoms with Gasteiger partial charge in [0.1, 0.15) is 0 Å². The molecule has 1 aliphatic carbocycles. The molecule has 1 saturated carbocycles. The second-order valence-electron chi connectivity index (χ2n) is 4.41. The van der Waals surface area contributed by atoms with Crippen molar-refractivity contribution < 1.29 is 17.9 Å². The average molecular weight is 280 g/mol. The van der Waals surface area contributed by atoms with Crippen molar-refractivity contribution >= 4 is 11.3 Å². The number of hydrogen-bond donors (Lipinski definition) is 1. The summed E-state index contributed by atoms with van der Waals surface area (Å²) in [5.41, 5.74) is -0.385. The van der Waals surface area contributed by atoms with Crippen molar-refractivity contribution in [2.45, 2.75) is 37.1 Å². The lowest BCUT2D eigenvalue weighted by molar-refractivity contribution is -0.137. The van der Waals surface area contributed by atoms with Crippen LogP contribution in [0.25, 0.3) is 0 Å². The maximum absolute atomic E-state index is 12.5. The second-order valence-corrected chi connectivity index (χ2v) is 5.47. The molecule has 0 spiro atoms. The van der Waals surface area contributed by atoms with E-state index in [4.69, 9.17) is 4.74 Å². The zero-order valence-corrected chi connectivity index (χ0v) is 11.0. The normalized spacial score (nSPS) is 20.5. The molecule has 1 aromatic rings. The Kier molecular flexibility index (Phi) is 3.66. The van der Waals surface area contributed by atoms with E-state index < -0.39 is 11.2 Å². The van der Waals surface area contributed by atoms with E-state index >= 15 is 0 Å². The molecule has 1 aromatic heterocycles. The summed E-state index contributed by atoms with van der Waals surface area (Å²) in [6.45, 7) is 0. The highest BCUT2D eigenvalue weighted by atomic mass is 32.1. The van der Waals surface area contributed by atoms with Gasteiger partial charge in [0, 0.05) is 18.2 Å². The minimum absolute atomic E-state index is 0.232. The van der Waals surface area contributed by atoms with Gasteiger partial charge in [-0.25, -0.2) is 4.98 Å². The number of alkyl halides is 3. The molecule has 1 N–H and O–H groups in total. The van der Waals surface area contributed by atoms with Crippen molar-refractivity contribution in [1.82, 2.24) is 10.3 Å². The van der Waals surface area contributed by atoms with Crippen molar-refractivity contribution in [3.05, 3.63) is 16.1 Å². The van der Waals surface area contributed by atoms with Crippen LogP contribution in [0.4, 0.5) is 13.2 Å². The molecule has 0 aromatic carbocycles. The molecule has 18 heavy (non-hydrogen) atoms. The first-order chi connectivity index (χ1) is 8.43. The van der Waals surface area contributed by atoms with Gasteiger partial charge in [-0.3, -0.25) is 0 Å². The van der Waals surface area contributed by atoms with Crippen molar-refractivity contribution in [2.75, 3.05) is 14.2 Å². The zero-order valence-electron chi connectivity index (χ0n) is 10.2. The monoisotopic (exact) mass is 280 g/mol. The Labute approximate surface area is 107 Å². The predicted molar refractivity (Wildman–Crippen MR) is 62.5 cm³/mol. The summed E-state index contributed by atoms with van der Waals surface area (Å²) in [6.07, 6.45) is -0.325. The molecule has 1 aliphatic rings. The third kappa shape index (κ3) is 2.26. The molecular weight excluding hydrogens is 265 g/mol. The standard InChI is InChI=1S/C11H15F3N2OS/c1-15-8(10(17-2)4-3-5-10)7-6-16-9(18-7)11(12,13)14/h6,8,15H,3-5H2,1-2H3. The Hall–Kier alpha value is -0.660. The van der Waals surface area contributed by atoms with Crippen molar-refractivity contribution in [3.8, 4) is 0 Å². The lowest BCUT2D eigenvalue weighted by Crippen LogP contribution is -2.49. The number of rotatable bonds is 4. The van der Waals surface area contributed by atoms with Gasteiger partial charge in [0.25, 0.3) is 0 Å². The molecule has 3 nitrogen and oxygen atoms in total.